The Kier molecular flexibility index (Phi) is 7.68. The molecule has 0 unspecified atom stereocenters. The van der Waals surface area contributed by atoms with Crippen molar-refractivity contribution < 1.29 is 28.6 Å². The van der Waals surface area contributed by atoms with Crippen LogP contribution in [-0.2, 0) is 9.47 Å². The quantitative estimate of drug-likeness (QED) is 0.604. The van der Waals surface area contributed by atoms with Gasteiger partial charge in [0.1, 0.15) is 21.7 Å². The fourth-order valence-electron chi connectivity index (χ4n) is 3.57. The van der Waals surface area contributed by atoms with Gasteiger partial charge in [0.15, 0.2) is 0 Å². The van der Waals surface area contributed by atoms with E-state index < -0.39 is 17.8 Å². The Hall–Kier alpha value is -2.87. The Bertz CT molecular complexity index is 961. The lowest BCUT2D eigenvalue weighted by atomic mass is 9.98. The maximum Gasteiger partial charge on any atom is 0.348 e. The zero-order chi connectivity index (χ0) is 22.4. The molecule has 1 aromatic heterocycles. The highest BCUT2D eigenvalue weighted by atomic mass is 32.1. The highest BCUT2D eigenvalue weighted by molar-refractivity contribution is 7.18. The minimum atomic E-state index is -0.589. The summed E-state index contributed by atoms with van der Waals surface area (Å²) in [6.45, 7) is 3.55. The van der Waals surface area contributed by atoms with E-state index in [1.807, 2.05) is 0 Å². The SMILES string of the molecule is CCOC(=O)c1c(NC(=O)c2cccc(OC)c2)sc(C(=O)OC2CCCCC2)c1C. The zero-order valence-electron chi connectivity index (χ0n) is 18.0. The summed E-state index contributed by atoms with van der Waals surface area (Å²) in [7, 11) is 1.52. The van der Waals surface area contributed by atoms with Crippen molar-refractivity contribution in [3.8, 4) is 5.75 Å². The molecule has 166 valence electrons. The number of ether oxygens (including phenoxy) is 3. The number of hydrogen-bond donors (Lipinski definition) is 1. The van der Waals surface area contributed by atoms with Gasteiger partial charge in [0.05, 0.1) is 19.3 Å². The summed E-state index contributed by atoms with van der Waals surface area (Å²) < 4.78 is 16.0. The minimum Gasteiger partial charge on any atom is -0.497 e. The highest BCUT2D eigenvalue weighted by Gasteiger charge is 2.29. The molecule has 31 heavy (non-hydrogen) atoms. The first kappa shape index (κ1) is 22.8. The van der Waals surface area contributed by atoms with Crippen molar-refractivity contribution in [3.63, 3.8) is 0 Å². The second-order valence-electron chi connectivity index (χ2n) is 7.33. The van der Waals surface area contributed by atoms with Gasteiger partial charge in [0.25, 0.3) is 5.91 Å². The lowest BCUT2D eigenvalue weighted by Crippen LogP contribution is -2.21. The van der Waals surface area contributed by atoms with E-state index in [2.05, 4.69) is 5.32 Å². The summed E-state index contributed by atoms with van der Waals surface area (Å²) in [5, 5.41) is 3.02. The first-order valence-electron chi connectivity index (χ1n) is 10.4. The molecule has 0 atom stereocenters. The van der Waals surface area contributed by atoms with Crippen molar-refractivity contribution >= 4 is 34.2 Å². The van der Waals surface area contributed by atoms with Gasteiger partial charge in [-0.1, -0.05) is 12.5 Å². The van der Waals surface area contributed by atoms with E-state index in [1.54, 1.807) is 38.1 Å². The van der Waals surface area contributed by atoms with Crippen LogP contribution in [0.4, 0.5) is 5.00 Å². The molecule has 0 saturated heterocycles. The molecular weight excluding hydrogens is 418 g/mol. The summed E-state index contributed by atoms with van der Waals surface area (Å²) in [4.78, 5) is 38.5. The molecule has 7 nitrogen and oxygen atoms in total. The number of carbonyl (C=O) groups excluding carboxylic acids is 3. The lowest BCUT2D eigenvalue weighted by Gasteiger charge is -2.21. The smallest absolute Gasteiger partial charge is 0.348 e. The normalized spacial score (nSPS) is 14.0. The van der Waals surface area contributed by atoms with E-state index in [0.717, 1.165) is 43.4 Å². The average Bonchev–Trinajstić information content (AvgIpc) is 3.10. The van der Waals surface area contributed by atoms with Crippen molar-refractivity contribution in [2.45, 2.75) is 52.1 Å². The molecule has 1 heterocycles. The number of nitrogens with one attached hydrogen (secondary N) is 1. The molecule has 1 aliphatic carbocycles. The van der Waals surface area contributed by atoms with Gasteiger partial charge in [-0.05, 0) is 63.3 Å². The molecule has 2 aromatic rings. The largest absolute Gasteiger partial charge is 0.497 e. The molecule has 1 fully saturated rings. The highest BCUT2D eigenvalue weighted by Crippen LogP contribution is 2.35. The van der Waals surface area contributed by atoms with Crippen LogP contribution >= 0.6 is 11.3 Å². The first-order chi connectivity index (χ1) is 14.9. The third-order valence-electron chi connectivity index (χ3n) is 5.20. The topological polar surface area (TPSA) is 90.9 Å². The fourth-order valence-corrected chi connectivity index (χ4v) is 4.65. The Labute approximate surface area is 185 Å². The monoisotopic (exact) mass is 445 g/mol. The number of hydrogen-bond acceptors (Lipinski definition) is 7. The van der Waals surface area contributed by atoms with Crippen LogP contribution in [0.2, 0.25) is 0 Å². The summed E-state index contributed by atoms with van der Waals surface area (Å²) in [6.07, 6.45) is 4.82. The number of methoxy groups -OCH3 is 1. The minimum absolute atomic E-state index is 0.108. The number of benzene rings is 1. The van der Waals surface area contributed by atoms with Crippen LogP contribution in [0.3, 0.4) is 0 Å². The molecular formula is C23H27NO6S. The number of carbonyl (C=O) groups is 3. The molecule has 1 aromatic carbocycles. The van der Waals surface area contributed by atoms with Crippen molar-refractivity contribution in [1.29, 1.82) is 0 Å². The third-order valence-corrected chi connectivity index (χ3v) is 6.38. The van der Waals surface area contributed by atoms with E-state index in [9.17, 15) is 14.4 Å². The second kappa shape index (κ2) is 10.4. The van der Waals surface area contributed by atoms with Crippen LogP contribution in [0, 0.1) is 6.92 Å². The Morgan fingerprint density at radius 3 is 2.55 bits per heavy atom. The predicted octanol–water partition coefficient (Wildman–Crippen LogP) is 4.98. The first-order valence-corrected chi connectivity index (χ1v) is 11.2. The number of thiophene rings is 1. The number of anilines is 1. The van der Waals surface area contributed by atoms with Gasteiger partial charge in [-0.15, -0.1) is 11.3 Å². The van der Waals surface area contributed by atoms with Gasteiger partial charge in [-0.2, -0.15) is 0 Å². The van der Waals surface area contributed by atoms with Gasteiger partial charge in [0, 0.05) is 5.56 Å². The molecule has 3 rings (SSSR count). The van der Waals surface area contributed by atoms with Crippen molar-refractivity contribution in [3.05, 3.63) is 45.8 Å². The van der Waals surface area contributed by atoms with Crippen molar-refractivity contribution in [2.24, 2.45) is 0 Å². The van der Waals surface area contributed by atoms with Crippen LogP contribution in [-0.4, -0.2) is 37.7 Å². The summed E-state index contributed by atoms with van der Waals surface area (Å²) in [6, 6.07) is 6.67. The molecule has 1 N–H and O–H groups in total. The van der Waals surface area contributed by atoms with Gasteiger partial charge < -0.3 is 19.5 Å². The molecule has 1 aliphatic rings. The third kappa shape index (κ3) is 5.44. The molecule has 0 aliphatic heterocycles. The molecule has 8 heteroatoms. The van der Waals surface area contributed by atoms with Crippen LogP contribution in [0.15, 0.2) is 24.3 Å². The molecule has 1 saturated carbocycles. The van der Waals surface area contributed by atoms with E-state index in [0.29, 0.717) is 21.8 Å². The maximum atomic E-state index is 12.8. The Balaban J connectivity index is 1.88. The predicted molar refractivity (Wildman–Crippen MR) is 118 cm³/mol. The fraction of sp³-hybridized carbons (Fsp3) is 0.435. The van der Waals surface area contributed by atoms with Crippen LogP contribution in [0.25, 0.3) is 0 Å². The van der Waals surface area contributed by atoms with Crippen LogP contribution in [0.5, 0.6) is 5.75 Å². The van der Waals surface area contributed by atoms with Crippen LogP contribution < -0.4 is 10.1 Å². The Morgan fingerprint density at radius 2 is 1.87 bits per heavy atom. The van der Waals surface area contributed by atoms with E-state index >= 15 is 0 Å². The molecule has 1 amide bonds. The number of esters is 2. The average molecular weight is 446 g/mol. The van der Waals surface area contributed by atoms with Crippen LogP contribution in [0.1, 0.15) is 75.0 Å². The van der Waals surface area contributed by atoms with Gasteiger partial charge in [-0.3, -0.25) is 4.79 Å². The number of amides is 1. The standard InChI is InChI=1S/C23H27NO6S/c1-4-29-22(26)18-14(2)19(23(27)30-16-10-6-5-7-11-16)31-21(18)24-20(25)15-9-8-12-17(13-15)28-3/h8-9,12-13,16H,4-7,10-11H2,1-3H3,(H,24,25). The summed E-state index contributed by atoms with van der Waals surface area (Å²) >= 11 is 1.03. The van der Waals surface area contributed by atoms with E-state index in [-0.39, 0.29) is 23.3 Å². The van der Waals surface area contributed by atoms with Gasteiger partial charge in [-0.25, -0.2) is 9.59 Å². The van der Waals surface area contributed by atoms with Crippen molar-refractivity contribution in [1.82, 2.24) is 0 Å². The molecule has 0 bridgehead atoms. The van der Waals surface area contributed by atoms with Gasteiger partial charge in [0.2, 0.25) is 0 Å². The van der Waals surface area contributed by atoms with Crippen molar-refractivity contribution in [2.75, 3.05) is 19.0 Å². The lowest BCUT2D eigenvalue weighted by molar-refractivity contribution is 0.0216. The van der Waals surface area contributed by atoms with Gasteiger partial charge >= 0.3 is 11.9 Å². The van der Waals surface area contributed by atoms with E-state index in [4.69, 9.17) is 14.2 Å². The molecule has 0 radical (unpaired) electrons. The zero-order valence-corrected chi connectivity index (χ0v) is 18.8. The maximum absolute atomic E-state index is 12.8. The molecule has 0 spiro atoms. The second-order valence-corrected chi connectivity index (χ2v) is 8.35. The number of rotatable bonds is 7. The van der Waals surface area contributed by atoms with E-state index in [1.165, 1.54) is 7.11 Å². The Morgan fingerprint density at radius 1 is 1.13 bits per heavy atom. The summed E-state index contributed by atoms with van der Waals surface area (Å²) in [5.41, 5.74) is 0.996. The summed E-state index contributed by atoms with van der Waals surface area (Å²) in [5.74, 6) is -0.939.